The number of halogens is 1. The molecule has 0 unspecified atom stereocenters. The number of hydrogen-bond donors (Lipinski definition) is 0. The van der Waals surface area contributed by atoms with Crippen LogP contribution in [0.2, 0.25) is 5.02 Å². The molecule has 0 aliphatic carbocycles. The van der Waals surface area contributed by atoms with Crippen LogP contribution in [0.3, 0.4) is 0 Å². The number of aryl methyl sites for hydroxylation is 1. The summed E-state index contributed by atoms with van der Waals surface area (Å²) in [5.41, 5.74) is 4.43. The first-order valence-electron chi connectivity index (χ1n) is 8.40. The minimum absolute atomic E-state index is 0.0398. The summed E-state index contributed by atoms with van der Waals surface area (Å²) in [5, 5.41) is 14.0. The van der Waals surface area contributed by atoms with Crippen molar-refractivity contribution in [2.75, 3.05) is 0 Å². The molecular weight excluding hydrogens is 362 g/mol. The van der Waals surface area contributed by atoms with E-state index in [4.69, 9.17) is 21.6 Å². The highest BCUT2D eigenvalue weighted by Crippen LogP contribution is 2.25. The Morgan fingerprint density at radius 2 is 2.00 bits per heavy atom. The molecule has 3 rings (SSSR count). The van der Waals surface area contributed by atoms with Crippen molar-refractivity contribution in [2.45, 2.75) is 27.4 Å². The molecule has 136 valence electrons. The largest absolute Gasteiger partial charge is 0.488 e. The van der Waals surface area contributed by atoms with Crippen molar-refractivity contribution in [3.63, 3.8) is 0 Å². The van der Waals surface area contributed by atoms with E-state index in [1.807, 2.05) is 32.0 Å². The van der Waals surface area contributed by atoms with Crippen molar-refractivity contribution in [3.05, 3.63) is 75.6 Å². The molecule has 0 amide bonds. The standard InChI is InChI=1S/C21H18ClN3O2/c1-13-19(12-27-21-7-5-4-6-18(21)15(3)26)14(2)25(24-13)17-9-8-16(11-23)20(22)10-17/h4-10H,12H2,1-3H3. The van der Waals surface area contributed by atoms with Crippen LogP contribution in [0, 0.1) is 25.2 Å². The Kier molecular flexibility index (Phi) is 5.29. The van der Waals surface area contributed by atoms with Gasteiger partial charge in [0.15, 0.2) is 5.78 Å². The number of nitriles is 1. The maximum Gasteiger partial charge on any atom is 0.163 e. The van der Waals surface area contributed by atoms with E-state index in [1.165, 1.54) is 6.92 Å². The van der Waals surface area contributed by atoms with E-state index in [0.717, 1.165) is 22.6 Å². The van der Waals surface area contributed by atoms with Crippen LogP contribution in [0.5, 0.6) is 5.75 Å². The smallest absolute Gasteiger partial charge is 0.163 e. The summed E-state index contributed by atoms with van der Waals surface area (Å²) in [6, 6.07) is 14.4. The molecule has 0 saturated heterocycles. The summed E-state index contributed by atoms with van der Waals surface area (Å²) >= 11 is 6.15. The van der Waals surface area contributed by atoms with Gasteiger partial charge in [-0.2, -0.15) is 10.4 Å². The lowest BCUT2D eigenvalue weighted by molar-refractivity contribution is 0.101. The van der Waals surface area contributed by atoms with Gasteiger partial charge in [-0.1, -0.05) is 23.7 Å². The van der Waals surface area contributed by atoms with Crippen LogP contribution in [0.1, 0.15) is 39.8 Å². The first-order valence-corrected chi connectivity index (χ1v) is 8.78. The quantitative estimate of drug-likeness (QED) is 0.597. The van der Waals surface area contributed by atoms with Gasteiger partial charge in [0.1, 0.15) is 18.4 Å². The van der Waals surface area contributed by atoms with Crippen molar-refractivity contribution in [3.8, 4) is 17.5 Å². The molecule has 3 aromatic rings. The molecule has 27 heavy (non-hydrogen) atoms. The molecule has 0 aliphatic heterocycles. The van der Waals surface area contributed by atoms with E-state index < -0.39 is 0 Å². The molecule has 6 heteroatoms. The van der Waals surface area contributed by atoms with Gasteiger partial charge in [0.25, 0.3) is 0 Å². The lowest BCUT2D eigenvalue weighted by Gasteiger charge is -2.10. The predicted molar refractivity (Wildman–Crippen MR) is 104 cm³/mol. The average molecular weight is 380 g/mol. The van der Waals surface area contributed by atoms with Gasteiger partial charge in [-0.05, 0) is 51.1 Å². The van der Waals surface area contributed by atoms with Crippen molar-refractivity contribution in [2.24, 2.45) is 0 Å². The molecule has 0 spiro atoms. The van der Waals surface area contributed by atoms with Crippen LogP contribution in [0.15, 0.2) is 42.5 Å². The summed E-state index contributed by atoms with van der Waals surface area (Å²) in [4.78, 5) is 11.8. The molecule has 0 aliphatic rings. The first kappa shape index (κ1) is 18.7. The Morgan fingerprint density at radius 1 is 1.26 bits per heavy atom. The topological polar surface area (TPSA) is 67.9 Å². The molecule has 0 atom stereocenters. The van der Waals surface area contributed by atoms with Crippen LogP contribution in [0.25, 0.3) is 5.69 Å². The molecule has 5 nitrogen and oxygen atoms in total. The summed E-state index contributed by atoms with van der Waals surface area (Å²) in [5.74, 6) is 0.514. The number of ether oxygens (including phenoxy) is 1. The van der Waals surface area contributed by atoms with Gasteiger partial charge < -0.3 is 4.74 Å². The van der Waals surface area contributed by atoms with Gasteiger partial charge in [0.2, 0.25) is 0 Å². The van der Waals surface area contributed by atoms with Gasteiger partial charge in [0.05, 0.1) is 27.5 Å². The summed E-state index contributed by atoms with van der Waals surface area (Å²) in [6.07, 6.45) is 0. The van der Waals surface area contributed by atoms with Crippen molar-refractivity contribution >= 4 is 17.4 Å². The normalized spacial score (nSPS) is 10.5. The predicted octanol–water partition coefficient (Wildman–Crippen LogP) is 4.80. The number of carbonyl (C=O) groups excluding carboxylic acids is 1. The van der Waals surface area contributed by atoms with Crippen LogP contribution in [-0.4, -0.2) is 15.6 Å². The zero-order chi connectivity index (χ0) is 19.6. The van der Waals surface area contributed by atoms with E-state index in [9.17, 15) is 4.79 Å². The van der Waals surface area contributed by atoms with Crippen molar-refractivity contribution < 1.29 is 9.53 Å². The molecular formula is C21H18ClN3O2. The number of aromatic nitrogens is 2. The summed E-state index contributed by atoms with van der Waals surface area (Å²) in [7, 11) is 0. The van der Waals surface area contributed by atoms with Gasteiger partial charge in [0, 0.05) is 11.3 Å². The third-order valence-corrected chi connectivity index (χ3v) is 4.71. The average Bonchev–Trinajstić information content (AvgIpc) is 2.94. The lowest BCUT2D eigenvalue weighted by Crippen LogP contribution is -2.04. The first-order chi connectivity index (χ1) is 12.9. The van der Waals surface area contributed by atoms with Crippen LogP contribution < -0.4 is 4.74 Å². The van der Waals surface area contributed by atoms with Gasteiger partial charge in [-0.15, -0.1) is 0 Å². The molecule has 0 N–H and O–H groups in total. The number of carbonyl (C=O) groups is 1. The van der Waals surface area contributed by atoms with E-state index in [0.29, 0.717) is 28.5 Å². The minimum atomic E-state index is -0.0398. The maximum atomic E-state index is 11.8. The Labute approximate surface area is 162 Å². The van der Waals surface area contributed by atoms with Gasteiger partial charge in [-0.25, -0.2) is 4.68 Å². The zero-order valence-electron chi connectivity index (χ0n) is 15.3. The fraction of sp³-hybridized carbons (Fsp3) is 0.190. The molecule has 0 saturated carbocycles. The molecule has 0 bridgehead atoms. The highest BCUT2D eigenvalue weighted by molar-refractivity contribution is 6.31. The van der Waals surface area contributed by atoms with E-state index in [2.05, 4.69) is 5.10 Å². The highest BCUT2D eigenvalue weighted by Gasteiger charge is 2.16. The van der Waals surface area contributed by atoms with Crippen LogP contribution >= 0.6 is 11.6 Å². The number of hydrogen-bond acceptors (Lipinski definition) is 4. The van der Waals surface area contributed by atoms with E-state index in [-0.39, 0.29) is 5.78 Å². The van der Waals surface area contributed by atoms with Gasteiger partial charge in [-0.3, -0.25) is 4.79 Å². The fourth-order valence-corrected chi connectivity index (χ4v) is 3.11. The number of nitrogens with zero attached hydrogens (tertiary/aromatic N) is 3. The number of benzene rings is 2. The Bertz CT molecular complexity index is 1060. The molecule has 1 aromatic heterocycles. The second kappa shape index (κ2) is 7.65. The van der Waals surface area contributed by atoms with Crippen LogP contribution in [0.4, 0.5) is 0 Å². The molecule has 2 aromatic carbocycles. The number of ketones is 1. The minimum Gasteiger partial charge on any atom is -0.488 e. The maximum absolute atomic E-state index is 11.8. The summed E-state index contributed by atoms with van der Waals surface area (Å²) in [6.45, 7) is 5.67. The third kappa shape index (κ3) is 3.71. The Balaban J connectivity index is 1.90. The monoisotopic (exact) mass is 379 g/mol. The Morgan fingerprint density at radius 3 is 2.67 bits per heavy atom. The zero-order valence-corrected chi connectivity index (χ0v) is 16.0. The lowest BCUT2D eigenvalue weighted by atomic mass is 10.1. The number of rotatable bonds is 5. The second-order valence-electron chi connectivity index (χ2n) is 6.18. The van der Waals surface area contributed by atoms with E-state index >= 15 is 0 Å². The second-order valence-corrected chi connectivity index (χ2v) is 6.59. The third-order valence-electron chi connectivity index (χ3n) is 4.40. The van der Waals surface area contributed by atoms with Crippen LogP contribution in [-0.2, 0) is 6.61 Å². The van der Waals surface area contributed by atoms with Crippen molar-refractivity contribution in [1.82, 2.24) is 9.78 Å². The highest BCUT2D eigenvalue weighted by atomic mass is 35.5. The summed E-state index contributed by atoms with van der Waals surface area (Å²) < 4.78 is 7.69. The number of para-hydroxylation sites is 1. The Hall–Kier alpha value is -3.10. The SMILES string of the molecule is CC(=O)c1ccccc1OCc1c(C)nn(-c2ccc(C#N)c(Cl)c2)c1C. The van der Waals surface area contributed by atoms with Gasteiger partial charge >= 0.3 is 0 Å². The molecule has 0 fully saturated rings. The molecule has 0 radical (unpaired) electrons. The fourth-order valence-electron chi connectivity index (χ4n) is 2.89. The number of Topliss-reactive ketones (excluding diaryl/α,β-unsaturated/α-hetero) is 1. The van der Waals surface area contributed by atoms with E-state index in [1.54, 1.807) is 35.0 Å². The van der Waals surface area contributed by atoms with Crippen molar-refractivity contribution in [1.29, 1.82) is 5.26 Å². The molecule has 1 heterocycles.